The van der Waals surface area contributed by atoms with Gasteiger partial charge in [-0.05, 0) is 50.8 Å². The first kappa shape index (κ1) is 13.4. The van der Waals surface area contributed by atoms with Crippen molar-refractivity contribution in [1.82, 2.24) is 0 Å². The van der Waals surface area contributed by atoms with E-state index in [0.717, 1.165) is 23.1 Å². The SMILES string of the molecule is CCC(C)(P)C(=O)c1c(C)ccc(C)c1C. The van der Waals surface area contributed by atoms with Crippen LogP contribution in [-0.4, -0.2) is 10.9 Å². The predicted octanol–water partition coefficient (Wildman–Crippen LogP) is 3.84. The van der Waals surface area contributed by atoms with Gasteiger partial charge in [-0.1, -0.05) is 19.1 Å². The number of aryl methyl sites for hydroxylation is 2. The molecule has 0 aliphatic carbocycles. The van der Waals surface area contributed by atoms with Crippen molar-refractivity contribution in [2.24, 2.45) is 0 Å². The molecule has 0 spiro atoms. The molecular weight excluding hydrogens is 215 g/mol. The lowest BCUT2D eigenvalue weighted by Gasteiger charge is -2.23. The molecule has 2 atom stereocenters. The molecule has 1 aromatic rings. The van der Waals surface area contributed by atoms with E-state index in [4.69, 9.17) is 0 Å². The Morgan fingerprint density at radius 1 is 1.25 bits per heavy atom. The summed E-state index contributed by atoms with van der Waals surface area (Å²) in [5.41, 5.74) is 4.28. The number of rotatable bonds is 3. The molecular formula is C14H21OP. The maximum absolute atomic E-state index is 12.5. The van der Waals surface area contributed by atoms with Crippen LogP contribution >= 0.6 is 9.24 Å². The van der Waals surface area contributed by atoms with Gasteiger partial charge < -0.3 is 0 Å². The van der Waals surface area contributed by atoms with Gasteiger partial charge in [0.2, 0.25) is 0 Å². The summed E-state index contributed by atoms with van der Waals surface area (Å²) < 4.78 is 0. The molecule has 2 heteroatoms. The average molecular weight is 236 g/mol. The van der Waals surface area contributed by atoms with Crippen molar-refractivity contribution in [2.75, 3.05) is 0 Å². The van der Waals surface area contributed by atoms with Crippen LogP contribution in [0.1, 0.15) is 47.3 Å². The van der Waals surface area contributed by atoms with Crippen LogP contribution in [0, 0.1) is 20.8 Å². The second-order valence-electron chi connectivity index (χ2n) is 4.80. The van der Waals surface area contributed by atoms with Crippen LogP contribution in [0.15, 0.2) is 12.1 Å². The van der Waals surface area contributed by atoms with Crippen molar-refractivity contribution in [3.05, 3.63) is 34.4 Å². The smallest absolute Gasteiger partial charge is 0.172 e. The van der Waals surface area contributed by atoms with Gasteiger partial charge in [0.25, 0.3) is 0 Å². The van der Waals surface area contributed by atoms with Crippen molar-refractivity contribution >= 4 is 15.0 Å². The van der Waals surface area contributed by atoms with E-state index in [9.17, 15) is 4.79 Å². The molecule has 0 aliphatic heterocycles. The lowest BCUT2D eigenvalue weighted by Crippen LogP contribution is -2.28. The van der Waals surface area contributed by atoms with Gasteiger partial charge >= 0.3 is 0 Å². The van der Waals surface area contributed by atoms with Gasteiger partial charge in [0.15, 0.2) is 5.78 Å². The number of carbonyl (C=O) groups excluding carboxylic acids is 1. The largest absolute Gasteiger partial charge is 0.293 e. The predicted molar refractivity (Wildman–Crippen MR) is 73.4 cm³/mol. The van der Waals surface area contributed by atoms with Crippen molar-refractivity contribution < 1.29 is 4.79 Å². The normalized spacial score (nSPS) is 14.6. The summed E-state index contributed by atoms with van der Waals surface area (Å²) in [6.45, 7) is 10.1. The third kappa shape index (κ3) is 2.35. The highest BCUT2D eigenvalue weighted by Crippen LogP contribution is 2.30. The summed E-state index contributed by atoms with van der Waals surface area (Å²) in [4.78, 5) is 12.5. The minimum absolute atomic E-state index is 0.235. The summed E-state index contributed by atoms with van der Waals surface area (Å²) in [7, 11) is 2.69. The maximum Gasteiger partial charge on any atom is 0.172 e. The van der Waals surface area contributed by atoms with Gasteiger partial charge in [0.05, 0.1) is 0 Å². The Labute approximate surface area is 101 Å². The van der Waals surface area contributed by atoms with Gasteiger partial charge in [-0.3, -0.25) is 4.79 Å². The third-order valence-corrected chi connectivity index (χ3v) is 4.09. The van der Waals surface area contributed by atoms with Crippen molar-refractivity contribution in [1.29, 1.82) is 0 Å². The first-order chi connectivity index (χ1) is 7.31. The molecule has 16 heavy (non-hydrogen) atoms. The fourth-order valence-corrected chi connectivity index (χ4v) is 1.89. The number of ketones is 1. The molecule has 2 unspecified atom stereocenters. The topological polar surface area (TPSA) is 17.1 Å². The lowest BCUT2D eigenvalue weighted by atomic mass is 9.88. The molecule has 1 rings (SSSR count). The van der Waals surface area contributed by atoms with E-state index in [1.165, 1.54) is 5.56 Å². The van der Waals surface area contributed by atoms with E-state index in [1.54, 1.807) is 0 Å². The molecule has 0 amide bonds. The monoisotopic (exact) mass is 236 g/mol. The molecule has 1 nitrogen and oxygen atoms in total. The number of Topliss-reactive ketones (excluding diaryl/α,β-unsaturated/α-hetero) is 1. The Morgan fingerprint density at radius 3 is 2.25 bits per heavy atom. The van der Waals surface area contributed by atoms with Gasteiger partial charge in [0.1, 0.15) is 0 Å². The van der Waals surface area contributed by atoms with Gasteiger partial charge in [-0.25, -0.2) is 0 Å². The van der Waals surface area contributed by atoms with E-state index in [1.807, 2.05) is 33.8 Å². The first-order valence-corrected chi connectivity index (χ1v) is 6.29. The fraction of sp³-hybridized carbons (Fsp3) is 0.500. The average Bonchev–Trinajstić information content (AvgIpc) is 2.24. The van der Waals surface area contributed by atoms with Crippen LogP contribution in [0.3, 0.4) is 0 Å². The van der Waals surface area contributed by atoms with Gasteiger partial charge in [-0.15, -0.1) is 9.24 Å². The van der Waals surface area contributed by atoms with Crippen LogP contribution in [0.4, 0.5) is 0 Å². The Bertz CT molecular complexity index is 419. The Balaban J connectivity index is 3.34. The minimum Gasteiger partial charge on any atom is -0.293 e. The highest BCUT2D eigenvalue weighted by molar-refractivity contribution is 7.21. The Kier molecular flexibility index (Phi) is 3.91. The quantitative estimate of drug-likeness (QED) is 0.575. The standard InChI is InChI=1S/C14H21OP/c1-6-14(5,16)13(15)12-10(3)8-7-9(2)11(12)4/h7-8H,6,16H2,1-5H3. The van der Waals surface area contributed by atoms with Crippen LogP contribution < -0.4 is 0 Å². The van der Waals surface area contributed by atoms with Crippen LogP contribution in [-0.2, 0) is 0 Å². The van der Waals surface area contributed by atoms with Crippen LogP contribution in [0.2, 0.25) is 0 Å². The zero-order valence-electron chi connectivity index (χ0n) is 10.8. The zero-order valence-corrected chi connectivity index (χ0v) is 12.0. The second kappa shape index (κ2) is 4.67. The molecule has 0 fully saturated rings. The van der Waals surface area contributed by atoms with Crippen molar-refractivity contribution in [3.63, 3.8) is 0 Å². The summed E-state index contributed by atoms with van der Waals surface area (Å²) >= 11 is 0. The van der Waals surface area contributed by atoms with Gasteiger partial charge in [0, 0.05) is 10.7 Å². The van der Waals surface area contributed by atoms with E-state index >= 15 is 0 Å². The van der Waals surface area contributed by atoms with Crippen LogP contribution in [0.25, 0.3) is 0 Å². The fourth-order valence-electron chi connectivity index (χ4n) is 1.75. The zero-order chi connectivity index (χ0) is 12.5. The van der Waals surface area contributed by atoms with E-state index in [2.05, 4.69) is 22.2 Å². The molecule has 0 radical (unpaired) electrons. The number of benzene rings is 1. The molecule has 0 aromatic heterocycles. The Hall–Kier alpha value is -0.680. The number of hydrogen-bond acceptors (Lipinski definition) is 1. The highest BCUT2D eigenvalue weighted by atomic mass is 31.0. The van der Waals surface area contributed by atoms with E-state index < -0.39 is 0 Å². The lowest BCUT2D eigenvalue weighted by molar-refractivity contribution is 0.0946. The Morgan fingerprint density at radius 2 is 1.75 bits per heavy atom. The maximum atomic E-state index is 12.5. The molecule has 88 valence electrons. The van der Waals surface area contributed by atoms with Gasteiger partial charge in [-0.2, -0.15) is 0 Å². The summed E-state index contributed by atoms with van der Waals surface area (Å²) in [6.07, 6.45) is 0.837. The van der Waals surface area contributed by atoms with E-state index in [0.29, 0.717) is 0 Å². The van der Waals surface area contributed by atoms with Crippen molar-refractivity contribution in [2.45, 2.75) is 46.2 Å². The summed E-state index contributed by atoms with van der Waals surface area (Å²) in [5.74, 6) is 0.235. The molecule has 0 bridgehead atoms. The van der Waals surface area contributed by atoms with Crippen molar-refractivity contribution in [3.8, 4) is 0 Å². The number of hydrogen-bond donors (Lipinski definition) is 0. The second-order valence-corrected chi connectivity index (χ2v) is 6.07. The molecule has 0 heterocycles. The molecule has 0 N–H and O–H groups in total. The molecule has 1 aromatic carbocycles. The molecule has 0 saturated heterocycles. The number of carbonyl (C=O) groups is 1. The molecule has 0 aliphatic rings. The molecule has 0 saturated carbocycles. The first-order valence-electron chi connectivity index (χ1n) is 5.71. The summed E-state index contributed by atoms with van der Waals surface area (Å²) in [6, 6.07) is 4.11. The van der Waals surface area contributed by atoms with E-state index in [-0.39, 0.29) is 10.9 Å². The summed E-state index contributed by atoms with van der Waals surface area (Å²) in [5, 5.41) is -0.344. The minimum atomic E-state index is -0.344. The van der Waals surface area contributed by atoms with Crippen LogP contribution in [0.5, 0.6) is 0 Å². The highest BCUT2D eigenvalue weighted by Gasteiger charge is 2.29. The third-order valence-electron chi connectivity index (χ3n) is 3.42.